The lowest BCUT2D eigenvalue weighted by Gasteiger charge is -2.10. The number of hydrogen-bond acceptors (Lipinski definition) is 4. The third-order valence-electron chi connectivity index (χ3n) is 3.84. The van der Waals surface area contributed by atoms with E-state index in [0.717, 1.165) is 24.1 Å². The summed E-state index contributed by atoms with van der Waals surface area (Å²) in [5, 5.41) is 4.59. The van der Waals surface area contributed by atoms with Crippen LogP contribution in [0.25, 0.3) is 0 Å². The lowest BCUT2D eigenvalue weighted by molar-refractivity contribution is -0.107. The Kier molecular flexibility index (Phi) is 4.52. The summed E-state index contributed by atoms with van der Waals surface area (Å²) in [6.45, 7) is 0.973. The second-order valence-corrected chi connectivity index (χ2v) is 6.25. The summed E-state index contributed by atoms with van der Waals surface area (Å²) >= 11 is 1.37. The average molecular weight is 328 g/mol. The minimum absolute atomic E-state index is 0.0103. The van der Waals surface area contributed by atoms with E-state index in [1.807, 2.05) is 23.6 Å². The molecular formula is C17H16N2O3S. The van der Waals surface area contributed by atoms with Gasteiger partial charge in [0.25, 0.3) is 5.91 Å². The topological polar surface area (TPSA) is 66.5 Å². The first-order chi connectivity index (χ1) is 11.2. The molecule has 0 radical (unpaired) electrons. The molecule has 1 aromatic carbocycles. The summed E-state index contributed by atoms with van der Waals surface area (Å²) in [5.41, 5.74) is 2.52. The molecule has 2 heterocycles. The van der Waals surface area contributed by atoms with Crippen LogP contribution in [0.1, 0.15) is 32.0 Å². The van der Waals surface area contributed by atoms with Gasteiger partial charge in [-0.2, -0.15) is 0 Å². The molecule has 0 fully saturated rings. The Morgan fingerprint density at radius 3 is 2.91 bits per heavy atom. The SMILES string of the molecule is O=CN1CCc2cc(C(=O)CCNC(=O)c3cccs3)ccc21. The van der Waals surface area contributed by atoms with Gasteiger partial charge in [0.15, 0.2) is 5.78 Å². The van der Waals surface area contributed by atoms with Gasteiger partial charge >= 0.3 is 0 Å². The standard InChI is InChI=1S/C17H16N2O3S/c20-11-19-8-6-12-10-13(3-4-14(12)19)15(21)5-7-18-17(22)16-2-1-9-23-16/h1-4,9-11H,5-8H2,(H,18,22). The van der Waals surface area contributed by atoms with Crippen LogP contribution < -0.4 is 10.2 Å². The summed E-state index contributed by atoms with van der Waals surface area (Å²) in [7, 11) is 0. The molecule has 118 valence electrons. The molecule has 1 aromatic heterocycles. The van der Waals surface area contributed by atoms with E-state index < -0.39 is 0 Å². The van der Waals surface area contributed by atoms with Gasteiger partial charge in [0, 0.05) is 30.8 Å². The highest BCUT2D eigenvalue weighted by Crippen LogP contribution is 2.27. The number of ketones is 1. The van der Waals surface area contributed by atoms with E-state index in [4.69, 9.17) is 0 Å². The van der Waals surface area contributed by atoms with Crippen molar-refractivity contribution in [2.45, 2.75) is 12.8 Å². The minimum atomic E-state index is -0.150. The smallest absolute Gasteiger partial charge is 0.261 e. The van der Waals surface area contributed by atoms with Crippen molar-refractivity contribution >= 4 is 35.1 Å². The van der Waals surface area contributed by atoms with Gasteiger partial charge < -0.3 is 10.2 Å². The number of benzene rings is 1. The number of fused-ring (bicyclic) bond motifs is 1. The summed E-state index contributed by atoms with van der Waals surface area (Å²) in [6.07, 6.45) is 1.84. The van der Waals surface area contributed by atoms with Gasteiger partial charge in [-0.3, -0.25) is 14.4 Å². The van der Waals surface area contributed by atoms with Crippen molar-refractivity contribution < 1.29 is 14.4 Å². The number of rotatable bonds is 6. The van der Waals surface area contributed by atoms with Gasteiger partial charge in [0.2, 0.25) is 6.41 Å². The summed E-state index contributed by atoms with van der Waals surface area (Å²) in [5.74, 6) is -0.160. The molecule has 2 amide bonds. The fourth-order valence-electron chi connectivity index (χ4n) is 2.64. The normalized spacial score (nSPS) is 12.8. The third kappa shape index (κ3) is 3.32. The summed E-state index contributed by atoms with van der Waals surface area (Å²) in [6, 6.07) is 8.97. The number of thiophene rings is 1. The van der Waals surface area contributed by atoms with Crippen molar-refractivity contribution in [2.75, 3.05) is 18.0 Å². The molecule has 1 aliphatic rings. The zero-order valence-electron chi connectivity index (χ0n) is 12.5. The van der Waals surface area contributed by atoms with Crippen molar-refractivity contribution in [3.63, 3.8) is 0 Å². The highest BCUT2D eigenvalue weighted by atomic mass is 32.1. The van der Waals surface area contributed by atoms with Crippen LogP contribution in [-0.4, -0.2) is 31.2 Å². The van der Waals surface area contributed by atoms with Gasteiger partial charge in [0.1, 0.15) is 0 Å². The van der Waals surface area contributed by atoms with Crippen LogP contribution in [0.3, 0.4) is 0 Å². The van der Waals surface area contributed by atoms with Gasteiger partial charge in [-0.15, -0.1) is 11.3 Å². The van der Waals surface area contributed by atoms with Crippen molar-refractivity contribution in [3.8, 4) is 0 Å². The van der Waals surface area contributed by atoms with Crippen molar-refractivity contribution in [2.24, 2.45) is 0 Å². The number of nitrogens with one attached hydrogen (secondary N) is 1. The predicted molar refractivity (Wildman–Crippen MR) is 89.2 cm³/mol. The number of carbonyl (C=O) groups excluding carboxylic acids is 3. The highest BCUT2D eigenvalue weighted by molar-refractivity contribution is 7.12. The first-order valence-corrected chi connectivity index (χ1v) is 8.27. The molecule has 1 aliphatic heterocycles. The monoisotopic (exact) mass is 328 g/mol. The first-order valence-electron chi connectivity index (χ1n) is 7.39. The van der Waals surface area contributed by atoms with Crippen LogP contribution in [0.5, 0.6) is 0 Å². The van der Waals surface area contributed by atoms with Crippen LogP contribution in [0.2, 0.25) is 0 Å². The molecule has 6 heteroatoms. The molecule has 2 aromatic rings. The van der Waals surface area contributed by atoms with Gasteiger partial charge in [-0.25, -0.2) is 0 Å². The van der Waals surface area contributed by atoms with Gasteiger partial charge in [-0.1, -0.05) is 6.07 Å². The minimum Gasteiger partial charge on any atom is -0.351 e. The largest absolute Gasteiger partial charge is 0.351 e. The Balaban J connectivity index is 1.57. The Morgan fingerprint density at radius 2 is 2.17 bits per heavy atom. The van der Waals surface area contributed by atoms with Crippen LogP contribution >= 0.6 is 11.3 Å². The van der Waals surface area contributed by atoms with E-state index >= 15 is 0 Å². The molecule has 0 saturated carbocycles. The quantitative estimate of drug-likeness (QED) is 0.653. The summed E-state index contributed by atoms with van der Waals surface area (Å²) in [4.78, 5) is 37.2. The Morgan fingerprint density at radius 1 is 1.30 bits per heavy atom. The van der Waals surface area contributed by atoms with E-state index in [9.17, 15) is 14.4 Å². The Labute approximate surface area is 137 Å². The molecule has 0 unspecified atom stereocenters. The van der Waals surface area contributed by atoms with Crippen LogP contribution in [0.15, 0.2) is 35.7 Å². The second kappa shape index (κ2) is 6.75. The lowest BCUT2D eigenvalue weighted by atomic mass is 10.0. The number of anilines is 1. The molecule has 23 heavy (non-hydrogen) atoms. The van der Waals surface area contributed by atoms with E-state index in [1.165, 1.54) is 11.3 Å². The molecular weight excluding hydrogens is 312 g/mol. The number of nitrogens with zero attached hydrogens (tertiary/aromatic N) is 1. The second-order valence-electron chi connectivity index (χ2n) is 5.30. The molecule has 3 rings (SSSR count). The van der Waals surface area contributed by atoms with E-state index in [2.05, 4.69) is 5.32 Å². The van der Waals surface area contributed by atoms with Crippen molar-refractivity contribution in [1.82, 2.24) is 5.32 Å². The summed E-state index contributed by atoms with van der Waals surface area (Å²) < 4.78 is 0. The van der Waals surface area contributed by atoms with Crippen molar-refractivity contribution in [1.29, 1.82) is 0 Å². The molecule has 1 N–H and O–H groups in total. The number of amides is 2. The average Bonchev–Trinajstić information content (AvgIpc) is 3.23. The fraction of sp³-hybridized carbons (Fsp3) is 0.235. The zero-order chi connectivity index (χ0) is 16.2. The molecule has 0 atom stereocenters. The number of hydrogen-bond donors (Lipinski definition) is 1. The highest BCUT2D eigenvalue weighted by Gasteiger charge is 2.19. The predicted octanol–water partition coefficient (Wildman–Crippen LogP) is 2.27. The first kappa shape index (κ1) is 15.4. The maximum absolute atomic E-state index is 12.2. The van der Waals surface area contributed by atoms with E-state index in [-0.39, 0.29) is 18.1 Å². The third-order valence-corrected chi connectivity index (χ3v) is 4.71. The van der Waals surface area contributed by atoms with Gasteiger partial charge in [-0.05, 0) is 41.6 Å². The molecule has 0 aliphatic carbocycles. The Hall–Kier alpha value is -2.47. The molecule has 5 nitrogen and oxygen atoms in total. The zero-order valence-corrected chi connectivity index (χ0v) is 13.3. The van der Waals surface area contributed by atoms with E-state index in [0.29, 0.717) is 23.5 Å². The fourth-order valence-corrected chi connectivity index (χ4v) is 3.28. The number of Topliss-reactive ketones (excluding diaryl/α,β-unsaturated/α-hetero) is 1. The van der Waals surface area contributed by atoms with Crippen LogP contribution in [0.4, 0.5) is 5.69 Å². The molecule has 0 bridgehead atoms. The maximum atomic E-state index is 12.2. The van der Waals surface area contributed by atoms with Crippen LogP contribution in [-0.2, 0) is 11.2 Å². The van der Waals surface area contributed by atoms with Crippen LogP contribution in [0, 0.1) is 0 Å². The van der Waals surface area contributed by atoms with Crippen molar-refractivity contribution in [3.05, 3.63) is 51.7 Å². The molecule has 0 saturated heterocycles. The Bertz CT molecular complexity index is 740. The van der Waals surface area contributed by atoms with E-state index in [1.54, 1.807) is 17.0 Å². The number of carbonyl (C=O) groups is 3. The van der Waals surface area contributed by atoms with Gasteiger partial charge in [0.05, 0.1) is 4.88 Å². The molecule has 0 spiro atoms. The maximum Gasteiger partial charge on any atom is 0.261 e. The lowest BCUT2D eigenvalue weighted by Crippen LogP contribution is -2.25.